The Morgan fingerprint density at radius 3 is 3.06 bits per heavy atom. The first-order chi connectivity index (χ1) is 8.68. The molecule has 0 saturated heterocycles. The van der Waals surface area contributed by atoms with Gasteiger partial charge in [0.2, 0.25) is 0 Å². The average Bonchev–Trinajstić information content (AvgIpc) is 2.38. The summed E-state index contributed by atoms with van der Waals surface area (Å²) < 4.78 is 0. The molecule has 0 heterocycles. The van der Waals surface area contributed by atoms with Gasteiger partial charge < -0.3 is 10.4 Å². The summed E-state index contributed by atoms with van der Waals surface area (Å²) in [6.45, 7) is 2.23. The van der Waals surface area contributed by atoms with E-state index in [-0.39, 0.29) is 0 Å². The summed E-state index contributed by atoms with van der Waals surface area (Å²) in [5, 5.41) is 12.2. The molecular weight excluding hydrogens is 226 g/mol. The molecule has 0 spiro atoms. The zero-order chi connectivity index (χ0) is 13.0. The summed E-state index contributed by atoms with van der Waals surface area (Å²) in [4.78, 5) is 10.7. The van der Waals surface area contributed by atoms with Crippen LogP contribution in [0.1, 0.15) is 36.9 Å². The van der Waals surface area contributed by atoms with Crippen molar-refractivity contribution in [2.75, 3.05) is 6.54 Å². The van der Waals surface area contributed by atoms with Crippen molar-refractivity contribution in [2.45, 2.75) is 32.2 Å². The molecule has 0 aromatic heterocycles. The minimum Gasteiger partial charge on any atom is -0.478 e. The average molecular weight is 245 g/mol. The SMILES string of the molecule is C/C(=C/CNC1CCCc2ccccc21)C(=O)O. The van der Waals surface area contributed by atoms with Crippen molar-refractivity contribution < 1.29 is 9.90 Å². The van der Waals surface area contributed by atoms with Gasteiger partial charge in [-0.05, 0) is 37.3 Å². The Bertz CT molecular complexity index is 465. The maximum atomic E-state index is 10.7. The van der Waals surface area contributed by atoms with Crippen LogP contribution < -0.4 is 5.32 Å². The van der Waals surface area contributed by atoms with Gasteiger partial charge in [-0.15, -0.1) is 0 Å². The second kappa shape index (κ2) is 5.83. The minimum absolute atomic E-state index is 0.354. The summed E-state index contributed by atoms with van der Waals surface area (Å²) in [5.74, 6) is -0.846. The fourth-order valence-corrected chi connectivity index (χ4v) is 2.41. The Balaban J connectivity index is 2.00. The summed E-state index contributed by atoms with van der Waals surface area (Å²) in [5.41, 5.74) is 3.18. The number of nitrogens with one attached hydrogen (secondary N) is 1. The van der Waals surface area contributed by atoms with E-state index in [2.05, 4.69) is 29.6 Å². The van der Waals surface area contributed by atoms with E-state index in [0.717, 1.165) is 12.8 Å². The Morgan fingerprint density at radius 2 is 2.28 bits per heavy atom. The maximum Gasteiger partial charge on any atom is 0.330 e. The number of fused-ring (bicyclic) bond motifs is 1. The Hall–Kier alpha value is -1.61. The molecule has 0 bridgehead atoms. The largest absolute Gasteiger partial charge is 0.478 e. The van der Waals surface area contributed by atoms with Crippen molar-refractivity contribution in [3.8, 4) is 0 Å². The first kappa shape index (κ1) is 12.8. The van der Waals surface area contributed by atoms with Crippen molar-refractivity contribution in [3.63, 3.8) is 0 Å². The molecule has 1 aliphatic rings. The fourth-order valence-electron chi connectivity index (χ4n) is 2.41. The number of aliphatic carboxylic acids is 1. The van der Waals surface area contributed by atoms with Gasteiger partial charge in [-0.25, -0.2) is 4.79 Å². The van der Waals surface area contributed by atoms with Crippen molar-refractivity contribution >= 4 is 5.97 Å². The van der Waals surface area contributed by atoms with Crippen LogP contribution >= 0.6 is 0 Å². The highest BCUT2D eigenvalue weighted by Gasteiger charge is 2.18. The number of aryl methyl sites for hydroxylation is 1. The molecule has 0 saturated carbocycles. The van der Waals surface area contributed by atoms with Gasteiger partial charge in [-0.2, -0.15) is 0 Å². The highest BCUT2D eigenvalue weighted by atomic mass is 16.4. The molecule has 2 N–H and O–H groups in total. The molecule has 18 heavy (non-hydrogen) atoms. The number of carboxylic acid groups (broad SMARTS) is 1. The van der Waals surface area contributed by atoms with Gasteiger partial charge in [0.25, 0.3) is 0 Å². The lowest BCUT2D eigenvalue weighted by atomic mass is 9.88. The van der Waals surface area contributed by atoms with E-state index in [9.17, 15) is 4.79 Å². The fraction of sp³-hybridized carbons (Fsp3) is 0.400. The molecule has 3 heteroatoms. The molecule has 0 radical (unpaired) electrons. The van der Waals surface area contributed by atoms with Crippen LogP contribution in [-0.4, -0.2) is 17.6 Å². The van der Waals surface area contributed by atoms with E-state index in [1.54, 1.807) is 13.0 Å². The van der Waals surface area contributed by atoms with Crippen LogP contribution in [-0.2, 0) is 11.2 Å². The number of carboxylic acids is 1. The molecule has 96 valence electrons. The molecule has 0 aliphatic heterocycles. The minimum atomic E-state index is -0.846. The third-order valence-electron chi connectivity index (χ3n) is 3.48. The molecule has 1 atom stereocenters. The van der Waals surface area contributed by atoms with Crippen LogP contribution in [0.3, 0.4) is 0 Å². The number of carbonyl (C=O) groups is 1. The quantitative estimate of drug-likeness (QED) is 0.802. The monoisotopic (exact) mass is 245 g/mol. The van der Waals surface area contributed by atoms with Gasteiger partial charge in [-0.1, -0.05) is 30.3 Å². The number of rotatable bonds is 4. The third-order valence-corrected chi connectivity index (χ3v) is 3.48. The molecule has 3 nitrogen and oxygen atoms in total. The predicted molar refractivity (Wildman–Crippen MR) is 71.5 cm³/mol. The van der Waals surface area contributed by atoms with Gasteiger partial charge in [0, 0.05) is 18.2 Å². The first-order valence-corrected chi connectivity index (χ1v) is 6.39. The standard InChI is InChI=1S/C15H19NO2/c1-11(15(17)18)9-10-16-14-8-4-6-12-5-2-3-7-13(12)14/h2-3,5,7,9,14,16H,4,6,8,10H2,1H3,(H,17,18)/b11-9-. The van der Waals surface area contributed by atoms with E-state index in [1.165, 1.54) is 17.5 Å². The molecular formula is C15H19NO2. The Kier molecular flexibility index (Phi) is 4.15. The molecule has 1 unspecified atom stereocenters. The van der Waals surface area contributed by atoms with Gasteiger partial charge in [0.15, 0.2) is 0 Å². The van der Waals surface area contributed by atoms with Crippen molar-refractivity contribution in [1.29, 1.82) is 0 Å². The molecule has 2 rings (SSSR count). The molecule has 1 aromatic rings. The van der Waals surface area contributed by atoms with Crippen molar-refractivity contribution in [1.82, 2.24) is 5.32 Å². The highest BCUT2D eigenvalue weighted by molar-refractivity contribution is 5.85. The second-order valence-corrected chi connectivity index (χ2v) is 4.74. The summed E-state index contributed by atoms with van der Waals surface area (Å²) in [7, 11) is 0. The number of benzene rings is 1. The first-order valence-electron chi connectivity index (χ1n) is 6.39. The lowest BCUT2D eigenvalue weighted by Crippen LogP contribution is -2.25. The van der Waals surface area contributed by atoms with Crippen LogP contribution in [0, 0.1) is 0 Å². The molecule has 0 fully saturated rings. The summed E-state index contributed by atoms with van der Waals surface area (Å²) >= 11 is 0. The predicted octanol–water partition coefficient (Wildman–Crippen LogP) is 2.68. The van der Waals surface area contributed by atoms with E-state index >= 15 is 0 Å². The lowest BCUT2D eigenvalue weighted by molar-refractivity contribution is -0.132. The molecule has 1 aromatic carbocycles. The zero-order valence-corrected chi connectivity index (χ0v) is 10.6. The number of hydrogen-bond acceptors (Lipinski definition) is 2. The molecule has 0 amide bonds. The van der Waals surface area contributed by atoms with Crippen molar-refractivity contribution in [2.24, 2.45) is 0 Å². The summed E-state index contributed by atoms with van der Waals surface area (Å²) in [6.07, 6.45) is 5.20. The van der Waals surface area contributed by atoms with Crippen LogP contribution in [0.15, 0.2) is 35.9 Å². The van der Waals surface area contributed by atoms with E-state index < -0.39 is 5.97 Å². The normalized spacial score (nSPS) is 19.4. The zero-order valence-electron chi connectivity index (χ0n) is 10.6. The van der Waals surface area contributed by atoms with E-state index in [0.29, 0.717) is 18.2 Å². The lowest BCUT2D eigenvalue weighted by Gasteiger charge is -2.26. The summed E-state index contributed by atoms with van der Waals surface area (Å²) in [6, 6.07) is 8.85. The highest BCUT2D eigenvalue weighted by Crippen LogP contribution is 2.29. The van der Waals surface area contributed by atoms with Gasteiger partial charge in [0.05, 0.1) is 0 Å². The van der Waals surface area contributed by atoms with Crippen molar-refractivity contribution in [3.05, 3.63) is 47.0 Å². The second-order valence-electron chi connectivity index (χ2n) is 4.74. The number of hydrogen-bond donors (Lipinski definition) is 2. The smallest absolute Gasteiger partial charge is 0.330 e. The van der Waals surface area contributed by atoms with Gasteiger partial charge >= 0.3 is 5.97 Å². The maximum absolute atomic E-state index is 10.7. The van der Waals surface area contributed by atoms with E-state index in [4.69, 9.17) is 5.11 Å². The van der Waals surface area contributed by atoms with Crippen LogP contribution in [0.4, 0.5) is 0 Å². The van der Waals surface area contributed by atoms with Gasteiger partial charge in [-0.3, -0.25) is 0 Å². The van der Waals surface area contributed by atoms with Crippen LogP contribution in [0.5, 0.6) is 0 Å². The van der Waals surface area contributed by atoms with Gasteiger partial charge in [0.1, 0.15) is 0 Å². The van der Waals surface area contributed by atoms with Crippen LogP contribution in [0.25, 0.3) is 0 Å². The molecule has 1 aliphatic carbocycles. The Morgan fingerprint density at radius 1 is 1.50 bits per heavy atom. The van der Waals surface area contributed by atoms with E-state index in [1.807, 2.05) is 0 Å². The topological polar surface area (TPSA) is 49.3 Å². The van der Waals surface area contributed by atoms with Crippen LogP contribution in [0.2, 0.25) is 0 Å². The Labute approximate surface area is 108 Å². The third kappa shape index (κ3) is 2.99.